The van der Waals surface area contributed by atoms with E-state index in [9.17, 15) is 14.5 Å². The van der Waals surface area contributed by atoms with Crippen molar-refractivity contribution in [3.63, 3.8) is 0 Å². The van der Waals surface area contributed by atoms with E-state index in [-0.39, 0.29) is 30.6 Å². The summed E-state index contributed by atoms with van der Waals surface area (Å²) in [6.45, 7) is 3.56. The van der Waals surface area contributed by atoms with Crippen LogP contribution in [0.5, 0.6) is 0 Å². The summed E-state index contributed by atoms with van der Waals surface area (Å²) in [6, 6.07) is 0. The highest BCUT2D eigenvalue weighted by Crippen LogP contribution is 2.30. The molecule has 0 amide bonds. The van der Waals surface area contributed by atoms with Gasteiger partial charge in [-0.15, -0.1) is 0 Å². The number of hydrogen-bond donors (Lipinski definition) is 1. The number of carbonyl (C=O) groups is 2. The Morgan fingerprint density at radius 3 is 2.33 bits per heavy atom. The third-order valence-corrected chi connectivity index (χ3v) is 3.23. The van der Waals surface area contributed by atoms with Crippen molar-refractivity contribution in [1.29, 1.82) is 0 Å². The Kier molecular flexibility index (Phi) is 7.06. The highest BCUT2D eigenvalue weighted by molar-refractivity contribution is 7.69. The minimum absolute atomic E-state index is 0.0215. The molecule has 0 aromatic carbocycles. The molecule has 0 radical (unpaired) electrons. The molecule has 0 saturated carbocycles. The third kappa shape index (κ3) is 7.37. The highest BCUT2D eigenvalue weighted by Gasteiger charge is 2.22. The molecule has 0 aliphatic heterocycles. The van der Waals surface area contributed by atoms with E-state index in [1.807, 2.05) is 21.1 Å². The standard InChI is InChI=1S/C11H21NO5P/c1-9(16-5)11(14)17-6-7-18(15)10(13)8-12(2,3)4/h15H,1,6-8H2,2-5H3/q+1. The lowest BCUT2D eigenvalue weighted by Gasteiger charge is -2.23. The number of ether oxygens (including phenoxy) is 2. The van der Waals surface area contributed by atoms with E-state index in [0.717, 1.165) is 0 Å². The van der Waals surface area contributed by atoms with Gasteiger partial charge >= 0.3 is 5.97 Å². The second kappa shape index (κ2) is 7.46. The van der Waals surface area contributed by atoms with Crippen molar-refractivity contribution in [1.82, 2.24) is 0 Å². The molecule has 18 heavy (non-hydrogen) atoms. The van der Waals surface area contributed by atoms with Crippen LogP contribution in [0.4, 0.5) is 0 Å². The van der Waals surface area contributed by atoms with Gasteiger partial charge in [-0.25, -0.2) is 4.79 Å². The maximum Gasteiger partial charge on any atom is 0.372 e. The van der Waals surface area contributed by atoms with E-state index in [1.54, 1.807) is 0 Å². The smallest absolute Gasteiger partial charge is 0.372 e. The maximum atomic E-state index is 11.6. The monoisotopic (exact) mass is 278 g/mol. The first-order chi connectivity index (χ1) is 8.17. The molecule has 0 rings (SSSR count). The van der Waals surface area contributed by atoms with Crippen LogP contribution in [0.3, 0.4) is 0 Å². The summed E-state index contributed by atoms with van der Waals surface area (Å²) in [7, 11) is 5.14. The van der Waals surface area contributed by atoms with Crippen molar-refractivity contribution in [2.45, 2.75) is 0 Å². The van der Waals surface area contributed by atoms with Crippen LogP contribution in [0.15, 0.2) is 12.3 Å². The van der Waals surface area contributed by atoms with E-state index < -0.39 is 14.1 Å². The topological polar surface area (TPSA) is 72.8 Å². The Hall–Kier alpha value is -0.970. The molecule has 0 heterocycles. The van der Waals surface area contributed by atoms with Gasteiger partial charge in [0.2, 0.25) is 5.52 Å². The lowest BCUT2D eigenvalue weighted by molar-refractivity contribution is -0.861. The third-order valence-electron chi connectivity index (χ3n) is 1.91. The second-order valence-corrected chi connectivity index (χ2v) is 6.47. The molecule has 0 fully saturated rings. The van der Waals surface area contributed by atoms with Gasteiger partial charge in [-0.3, -0.25) is 4.79 Å². The van der Waals surface area contributed by atoms with E-state index in [2.05, 4.69) is 11.3 Å². The molecule has 0 aromatic rings. The van der Waals surface area contributed by atoms with Crippen molar-refractivity contribution in [3.8, 4) is 0 Å². The van der Waals surface area contributed by atoms with Crippen molar-refractivity contribution >= 4 is 19.6 Å². The number of likely N-dealkylation sites (N-methyl/N-ethyl adjacent to an activating group) is 1. The minimum Gasteiger partial charge on any atom is -0.490 e. The number of methoxy groups -OCH3 is 1. The maximum absolute atomic E-state index is 11.6. The molecule has 0 aliphatic carbocycles. The number of esters is 1. The SMILES string of the molecule is C=C(OC)C(=O)OCCP(O)C(=O)C[N+](C)(C)C. The molecule has 1 unspecified atom stereocenters. The molecule has 0 aliphatic rings. The summed E-state index contributed by atoms with van der Waals surface area (Å²) < 4.78 is 9.83. The summed E-state index contributed by atoms with van der Waals surface area (Å²) in [5, 5.41) is 0. The zero-order valence-corrected chi connectivity index (χ0v) is 12.2. The van der Waals surface area contributed by atoms with Gasteiger partial charge in [-0.05, 0) is 6.58 Å². The fraction of sp³-hybridized carbons (Fsp3) is 0.636. The van der Waals surface area contributed by atoms with Gasteiger partial charge < -0.3 is 18.9 Å². The number of rotatable bonds is 8. The second-order valence-electron chi connectivity index (χ2n) is 4.73. The predicted octanol–water partition coefficient (Wildman–Crippen LogP) is 0.312. The van der Waals surface area contributed by atoms with E-state index in [0.29, 0.717) is 4.48 Å². The summed E-state index contributed by atoms with van der Waals surface area (Å²) in [4.78, 5) is 32.4. The zero-order valence-electron chi connectivity index (χ0n) is 11.3. The Labute approximate surface area is 109 Å². The summed E-state index contributed by atoms with van der Waals surface area (Å²) >= 11 is 0. The van der Waals surface area contributed by atoms with Crippen LogP contribution in [0.1, 0.15) is 0 Å². The van der Waals surface area contributed by atoms with E-state index >= 15 is 0 Å². The van der Waals surface area contributed by atoms with E-state index in [4.69, 9.17) is 4.74 Å². The largest absolute Gasteiger partial charge is 0.490 e. The molecule has 0 saturated heterocycles. The molecule has 0 spiro atoms. The number of nitrogens with zero attached hydrogens (tertiary/aromatic N) is 1. The number of carbonyl (C=O) groups excluding carboxylic acids is 2. The Balaban J connectivity index is 3.97. The number of quaternary nitrogens is 1. The molecule has 0 bridgehead atoms. The average Bonchev–Trinajstić information content (AvgIpc) is 2.25. The fourth-order valence-corrected chi connectivity index (χ4v) is 2.10. The zero-order chi connectivity index (χ0) is 14.3. The van der Waals surface area contributed by atoms with Crippen molar-refractivity contribution in [2.75, 3.05) is 47.6 Å². The van der Waals surface area contributed by atoms with Crippen LogP contribution in [-0.2, 0) is 19.1 Å². The van der Waals surface area contributed by atoms with Crippen LogP contribution in [0.2, 0.25) is 0 Å². The average molecular weight is 278 g/mol. The van der Waals surface area contributed by atoms with Crippen LogP contribution in [0.25, 0.3) is 0 Å². The van der Waals surface area contributed by atoms with Crippen LogP contribution in [-0.4, -0.2) is 68.4 Å². The molecule has 1 N–H and O–H groups in total. The van der Waals surface area contributed by atoms with Crippen molar-refractivity contribution < 1.29 is 28.4 Å². The Bertz CT molecular complexity index is 324. The Morgan fingerprint density at radius 1 is 1.33 bits per heavy atom. The first kappa shape index (κ1) is 17.0. The van der Waals surface area contributed by atoms with Crippen LogP contribution in [0, 0.1) is 0 Å². The molecule has 1 atom stereocenters. The molecule has 7 heteroatoms. The molecule has 0 aromatic heterocycles. The van der Waals surface area contributed by atoms with Gasteiger partial charge in [-0.1, -0.05) is 0 Å². The first-order valence-corrected chi connectivity index (χ1v) is 6.85. The normalized spacial score (nSPS) is 12.7. The molecule has 6 nitrogen and oxygen atoms in total. The number of hydrogen-bond acceptors (Lipinski definition) is 5. The molecular formula is C11H21NO5P+. The summed E-state index contributed by atoms with van der Waals surface area (Å²) in [5.74, 6) is -0.782. The fourth-order valence-electron chi connectivity index (χ4n) is 1.00. The van der Waals surface area contributed by atoms with E-state index in [1.165, 1.54) is 7.11 Å². The van der Waals surface area contributed by atoms with Gasteiger partial charge in [0.25, 0.3) is 0 Å². The molecular weight excluding hydrogens is 257 g/mol. The van der Waals surface area contributed by atoms with Crippen molar-refractivity contribution in [2.24, 2.45) is 0 Å². The lowest BCUT2D eigenvalue weighted by Crippen LogP contribution is -2.39. The van der Waals surface area contributed by atoms with Crippen LogP contribution < -0.4 is 0 Å². The van der Waals surface area contributed by atoms with Gasteiger partial charge in [0.1, 0.15) is 14.7 Å². The highest BCUT2D eigenvalue weighted by atomic mass is 31.1. The van der Waals surface area contributed by atoms with Crippen LogP contribution >= 0.6 is 8.15 Å². The first-order valence-electron chi connectivity index (χ1n) is 5.37. The van der Waals surface area contributed by atoms with Gasteiger partial charge in [0, 0.05) is 6.16 Å². The predicted molar refractivity (Wildman–Crippen MR) is 69.0 cm³/mol. The minimum atomic E-state index is -1.76. The van der Waals surface area contributed by atoms with Crippen molar-refractivity contribution in [3.05, 3.63) is 12.3 Å². The summed E-state index contributed by atoms with van der Waals surface area (Å²) in [5.41, 5.74) is -0.209. The molecule has 104 valence electrons. The lowest BCUT2D eigenvalue weighted by atomic mass is 10.5. The quantitative estimate of drug-likeness (QED) is 0.227. The Morgan fingerprint density at radius 2 is 1.89 bits per heavy atom. The summed E-state index contributed by atoms with van der Waals surface area (Å²) in [6.07, 6.45) is 0.136. The van der Waals surface area contributed by atoms with Gasteiger partial charge in [0.15, 0.2) is 5.76 Å². The van der Waals surface area contributed by atoms with Gasteiger partial charge in [-0.2, -0.15) is 0 Å². The van der Waals surface area contributed by atoms with Gasteiger partial charge in [0.05, 0.1) is 34.9 Å².